The van der Waals surface area contributed by atoms with Gasteiger partial charge in [0.15, 0.2) is 0 Å². The molecule has 0 aliphatic heterocycles. The van der Waals surface area contributed by atoms with Crippen LogP contribution in [0.5, 0.6) is 5.75 Å². The standard InChI is InChI=1S/C13H18N2O6/c1-20-8-9(6-7-16)14-13(17)10-4-3-5-11(15(18)19)12(10)21-2/h3-5,9,16H,6-8H2,1-2H3,(H,14,17). The van der Waals surface area contributed by atoms with Gasteiger partial charge in [0.2, 0.25) is 5.75 Å². The molecule has 0 spiro atoms. The minimum absolute atomic E-state index is 0.0609. The molecule has 0 aromatic heterocycles. The second-order valence-electron chi connectivity index (χ2n) is 4.25. The maximum Gasteiger partial charge on any atom is 0.311 e. The number of amides is 1. The van der Waals surface area contributed by atoms with E-state index in [0.29, 0.717) is 6.42 Å². The zero-order valence-electron chi connectivity index (χ0n) is 11.9. The molecule has 116 valence electrons. The third-order valence-corrected chi connectivity index (χ3v) is 2.82. The van der Waals surface area contributed by atoms with Gasteiger partial charge < -0.3 is 19.9 Å². The quantitative estimate of drug-likeness (QED) is 0.540. The number of hydrogen-bond donors (Lipinski definition) is 2. The highest BCUT2D eigenvalue weighted by Crippen LogP contribution is 2.30. The Balaban J connectivity index is 3.01. The first-order valence-electron chi connectivity index (χ1n) is 6.27. The Labute approximate surface area is 121 Å². The topological polar surface area (TPSA) is 111 Å². The van der Waals surface area contributed by atoms with Crippen molar-refractivity contribution in [3.8, 4) is 5.75 Å². The van der Waals surface area contributed by atoms with Crippen LogP contribution in [0.3, 0.4) is 0 Å². The lowest BCUT2D eigenvalue weighted by Gasteiger charge is -2.17. The molecule has 0 radical (unpaired) electrons. The number of nitrogens with one attached hydrogen (secondary N) is 1. The van der Waals surface area contributed by atoms with Gasteiger partial charge >= 0.3 is 5.69 Å². The number of aliphatic hydroxyl groups excluding tert-OH is 1. The average molecular weight is 298 g/mol. The smallest absolute Gasteiger partial charge is 0.311 e. The monoisotopic (exact) mass is 298 g/mol. The summed E-state index contributed by atoms with van der Waals surface area (Å²) in [5, 5.41) is 22.5. The number of carbonyl (C=O) groups is 1. The molecular weight excluding hydrogens is 280 g/mol. The van der Waals surface area contributed by atoms with Gasteiger partial charge in [0, 0.05) is 19.8 Å². The number of nitrogens with zero attached hydrogens (tertiary/aromatic N) is 1. The first-order valence-corrected chi connectivity index (χ1v) is 6.27. The summed E-state index contributed by atoms with van der Waals surface area (Å²) in [5.74, 6) is -0.619. The van der Waals surface area contributed by atoms with Gasteiger partial charge in [-0.15, -0.1) is 0 Å². The molecule has 1 aromatic rings. The van der Waals surface area contributed by atoms with E-state index < -0.39 is 16.9 Å². The Kier molecular flexibility index (Phi) is 6.57. The summed E-state index contributed by atoms with van der Waals surface area (Å²) in [6.07, 6.45) is 0.316. The van der Waals surface area contributed by atoms with E-state index in [0.717, 1.165) is 0 Å². The molecule has 1 unspecified atom stereocenters. The van der Waals surface area contributed by atoms with Crippen LogP contribution in [0.25, 0.3) is 0 Å². The number of carbonyl (C=O) groups excluding carboxylic acids is 1. The van der Waals surface area contributed by atoms with Crippen LogP contribution in [-0.4, -0.2) is 49.4 Å². The summed E-state index contributed by atoms with van der Waals surface area (Å²) in [6, 6.07) is 3.71. The van der Waals surface area contributed by atoms with Crippen molar-refractivity contribution >= 4 is 11.6 Å². The second kappa shape index (κ2) is 8.18. The van der Waals surface area contributed by atoms with Gasteiger partial charge in [0.25, 0.3) is 5.91 Å². The first kappa shape index (κ1) is 16.9. The number of benzene rings is 1. The van der Waals surface area contributed by atoms with Gasteiger partial charge in [-0.05, 0) is 12.5 Å². The molecule has 1 atom stereocenters. The van der Waals surface area contributed by atoms with Gasteiger partial charge in [0.05, 0.1) is 30.2 Å². The highest BCUT2D eigenvalue weighted by Gasteiger charge is 2.23. The summed E-state index contributed by atoms with van der Waals surface area (Å²) in [5.41, 5.74) is -0.221. The molecule has 8 heteroatoms. The maximum absolute atomic E-state index is 12.2. The van der Waals surface area contributed by atoms with Gasteiger partial charge in [0.1, 0.15) is 0 Å². The third kappa shape index (κ3) is 4.40. The van der Waals surface area contributed by atoms with E-state index in [1.807, 2.05) is 0 Å². The van der Waals surface area contributed by atoms with E-state index in [1.54, 1.807) is 0 Å². The number of rotatable bonds is 8. The molecule has 0 heterocycles. The Bertz CT molecular complexity index is 499. The van der Waals surface area contributed by atoms with Crippen LogP contribution < -0.4 is 10.1 Å². The predicted octanol–water partition coefficient (Wildman–Crippen LogP) is 0.731. The van der Waals surface area contributed by atoms with Gasteiger partial charge in [-0.2, -0.15) is 0 Å². The maximum atomic E-state index is 12.2. The van der Waals surface area contributed by atoms with Crippen molar-refractivity contribution in [2.75, 3.05) is 27.4 Å². The van der Waals surface area contributed by atoms with Gasteiger partial charge in [-0.3, -0.25) is 14.9 Å². The van der Waals surface area contributed by atoms with E-state index in [1.165, 1.54) is 32.4 Å². The molecular formula is C13H18N2O6. The molecule has 21 heavy (non-hydrogen) atoms. The predicted molar refractivity (Wildman–Crippen MR) is 74.5 cm³/mol. The van der Waals surface area contributed by atoms with Crippen molar-refractivity contribution in [3.05, 3.63) is 33.9 Å². The van der Waals surface area contributed by atoms with Crippen LogP contribution in [0.2, 0.25) is 0 Å². The molecule has 0 saturated carbocycles. The Morgan fingerprint density at radius 1 is 1.48 bits per heavy atom. The zero-order valence-corrected chi connectivity index (χ0v) is 11.9. The molecule has 1 amide bonds. The number of aliphatic hydroxyl groups is 1. The summed E-state index contributed by atoms with van der Waals surface area (Å²) >= 11 is 0. The summed E-state index contributed by atoms with van der Waals surface area (Å²) in [7, 11) is 2.74. The lowest BCUT2D eigenvalue weighted by Crippen LogP contribution is -2.38. The average Bonchev–Trinajstić information content (AvgIpc) is 2.46. The molecule has 0 fully saturated rings. The summed E-state index contributed by atoms with van der Waals surface area (Å²) in [6.45, 7) is 0.115. The van der Waals surface area contributed by atoms with Crippen LogP contribution in [0.4, 0.5) is 5.69 Å². The fourth-order valence-electron chi connectivity index (χ4n) is 1.88. The molecule has 8 nitrogen and oxygen atoms in total. The van der Waals surface area contributed by atoms with Crippen molar-refractivity contribution in [3.63, 3.8) is 0 Å². The largest absolute Gasteiger partial charge is 0.490 e. The fraction of sp³-hybridized carbons (Fsp3) is 0.462. The first-order chi connectivity index (χ1) is 10.0. The minimum Gasteiger partial charge on any atom is -0.490 e. The summed E-state index contributed by atoms with van der Waals surface area (Å²) < 4.78 is 9.92. The number of methoxy groups -OCH3 is 2. The van der Waals surface area contributed by atoms with Crippen LogP contribution >= 0.6 is 0 Å². The minimum atomic E-state index is -0.615. The lowest BCUT2D eigenvalue weighted by atomic mass is 10.1. The van der Waals surface area contributed by atoms with Crippen molar-refractivity contribution in [2.24, 2.45) is 0 Å². The van der Waals surface area contributed by atoms with E-state index in [-0.39, 0.29) is 30.2 Å². The van der Waals surface area contributed by atoms with E-state index in [9.17, 15) is 14.9 Å². The summed E-state index contributed by atoms with van der Waals surface area (Å²) in [4.78, 5) is 22.5. The van der Waals surface area contributed by atoms with E-state index in [4.69, 9.17) is 14.6 Å². The number of ether oxygens (including phenoxy) is 2. The van der Waals surface area contributed by atoms with Crippen molar-refractivity contribution in [1.82, 2.24) is 5.32 Å². The van der Waals surface area contributed by atoms with Crippen LogP contribution in [0.15, 0.2) is 18.2 Å². The Morgan fingerprint density at radius 3 is 2.71 bits per heavy atom. The highest BCUT2D eigenvalue weighted by molar-refractivity contribution is 5.98. The fourth-order valence-corrected chi connectivity index (χ4v) is 1.88. The molecule has 0 aliphatic carbocycles. The molecule has 2 N–H and O–H groups in total. The van der Waals surface area contributed by atoms with Crippen molar-refractivity contribution < 1.29 is 24.3 Å². The van der Waals surface area contributed by atoms with Gasteiger partial charge in [-0.1, -0.05) is 6.07 Å². The normalized spacial score (nSPS) is 11.8. The highest BCUT2D eigenvalue weighted by atomic mass is 16.6. The lowest BCUT2D eigenvalue weighted by molar-refractivity contribution is -0.385. The second-order valence-corrected chi connectivity index (χ2v) is 4.25. The Hall–Kier alpha value is -2.19. The Morgan fingerprint density at radius 2 is 2.19 bits per heavy atom. The van der Waals surface area contributed by atoms with E-state index >= 15 is 0 Å². The molecule has 0 saturated heterocycles. The number of hydrogen-bond acceptors (Lipinski definition) is 6. The number of nitro benzene ring substituents is 1. The van der Waals surface area contributed by atoms with Crippen LogP contribution in [-0.2, 0) is 4.74 Å². The molecule has 1 aromatic carbocycles. The molecule has 0 bridgehead atoms. The van der Waals surface area contributed by atoms with E-state index in [2.05, 4.69) is 5.32 Å². The third-order valence-electron chi connectivity index (χ3n) is 2.82. The molecule has 0 aliphatic rings. The number of para-hydroxylation sites is 1. The van der Waals surface area contributed by atoms with Crippen LogP contribution in [0, 0.1) is 10.1 Å². The SMILES string of the molecule is COCC(CCO)NC(=O)c1cccc([N+](=O)[O-])c1OC. The number of nitro groups is 1. The van der Waals surface area contributed by atoms with Gasteiger partial charge in [-0.25, -0.2) is 0 Å². The van der Waals surface area contributed by atoms with Crippen molar-refractivity contribution in [2.45, 2.75) is 12.5 Å². The zero-order chi connectivity index (χ0) is 15.8. The van der Waals surface area contributed by atoms with Crippen molar-refractivity contribution in [1.29, 1.82) is 0 Å². The van der Waals surface area contributed by atoms with Crippen LogP contribution in [0.1, 0.15) is 16.8 Å². The molecule has 1 rings (SSSR count).